The number of rotatable bonds is 9. The van der Waals surface area contributed by atoms with E-state index in [4.69, 9.17) is 4.74 Å². The zero-order valence-electron chi connectivity index (χ0n) is 16.2. The van der Waals surface area contributed by atoms with Crippen molar-refractivity contribution in [1.82, 2.24) is 5.32 Å². The Kier molecular flexibility index (Phi) is 7.86. The molecule has 5 heteroatoms. The number of hydrogen-bond donors (Lipinski definition) is 2. The molecule has 0 fully saturated rings. The number of aryl methyl sites for hydroxylation is 1. The number of amides is 2. The van der Waals surface area contributed by atoms with Crippen molar-refractivity contribution >= 4 is 17.5 Å². The van der Waals surface area contributed by atoms with Crippen molar-refractivity contribution in [2.24, 2.45) is 0 Å². The van der Waals surface area contributed by atoms with Gasteiger partial charge in [0, 0.05) is 17.8 Å². The zero-order valence-corrected chi connectivity index (χ0v) is 16.2. The molecule has 0 aliphatic rings. The second-order valence-corrected chi connectivity index (χ2v) is 6.51. The summed E-state index contributed by atoms with van der Waals surface area (Å²) in [5, 5.41) is 5.72. The molecule has 144 valence electrons. The summed E-state index contributed by atoms with van der Waals surface area (Å²) in [7, 11) is 0. The summed E-state index contributed by atoms with van der Waals surface area (Å²) in [6, 6.07) is 14.5. The molecule has 2 aromatic rings. The third-order valence-corrected chi connectivity index (χ3v) is 4.16. The molecule has 2 rings (SSSR count). The molecule has 0 aliphatic carbocycles. The predicted molar refractivity (Wildman–Crippen MR) is 108 cm³/mol. The molecule has 2 aromatic carbocycles. The zero-order chi connectivity index (χ0) is 19.6. The third kappa shape index (κ3) is 6.44. The van der Waals surface area contributed by atoms with E-state index in [9.17, 15) is 9.59 Å². The van der Waals surface area contributed by atoms with Gasteiger partial charge in [-0.3, -0.25) is 9.59 Å². The number of nitrogens with one attached hydrogen (secondary N) is 2. The second kappa shape index (κ2) is 10.4. The first-order chi connectivity index (χ1) is 13.0. The van der Waals surface area contributed by atoms with E-state index >= 15 is 0 Å². The number of anilines is 1. The van der Waals surface area contributed by atoms with Crippen LogP contribution in [-0.4, -0.2) is 24.5 Å². The number of carbonyl (C=O) groups is 2. The van der Waals surface area contributed by atoms with E-state index in [1.54, 1.807) is 24.3 Å². The van der Waals surface area contributed by atoms with E-state index in [1.165, 1.54) is 0 Å². The Balaban J connectivity index is 1.94. The van der Waals surface area contributed by atoms with Crippen LogP contribution in [0.4, 0.5) is 5.69 Å². The fraction of sp³-hybridized carbons (Fsp3) is 0.364. The number of hydrogen-bond acceptors (Lipinski definition) is 3. The molecule has 1 unspecified atom stereocenters. The van der Waals surface area contributed by atoms with Gasteiger partial charge in [0.05, 0.1) is 0 Å². The maximum Gasteiger partial charge on any atom is 0.265 e. The van der Waals surface area contributed by atoms with Gasteiger partial charge >= 0.3 is 0 Å². The Bertz CT molecular complexity index is 756. The summed E-state index contributed by atoms with van der Waals surface area (Å²) < 4.78 is 5.82. The number of unbranched alkanes of at least 4 members (excludes halogenated alkanes) is 1. The fourth-order valence-corrected chi connectivity index (χ4v) is 2.58. The molecular weight excluding hydrogens is 340 g/mol. The van der Waals surface area contributed by atoms with E-state index < -0.39 is 6.10 Å². The lowest BCUT2D eigenvalue weighted by molar-refractivity contribution is -0.122. The van der Waals surface area contributed by atoms with Crippen molar-refractivity contribution in [2.75, 3.05) is 11.9 Å². The summed E-state index contributed by atoms with van der Waals surface area (Å²) in [6.07, 6.45) is 1.97. The number of benzene rings is 2. The van der Waals surface area contributed by atoms with Crippen molar-refractivity contribution in [3.63, 3.8) is 0 Å². The molecule has 27 heavy (non-hydrogen) atoms. The number of ether oxygens (including phenoxy) is 1. The van der Waals surface area contributed by atoms with Crippen LogP contribution in [0.5, 0.6) is 5.75 Å². The highest BCUT2D eigenvalue weighted by atomic mass is 16.5. The summed E-state index contributed by atoms with van der Waals surface area (Å²) in [4.78, 5) is 24.5. The molecule has 2 N–H and O–H groups in total. The minimum Gasteiger partial charge on any atom is -0.481 e. The average molecular weight is 368 g/mol. The van der Waals surface area contributed by atoms with Gasteiger partial charge in [-0.15, -0.1) is 0 Å². The maximum absolute atomic E-state index is 12.5. The highest BCUT2D eigenvalue weighted by molar-refractivity contribution is 5.96. The lowest BCUT2D eigenvalue weighted by Gasteiger charge is -2.17. The smallest absolute Gasteiger partial charge is 0.265 e. The van der Waals surface area contributed by atoms with Gasteiger partial charge in [-0.25, -0.2) is 0 Å². The summed E-state index contributed by atoms with van der Waals surface area (Å²) in [6.45, 7) is 6.63. The Morgan fingerprint density at radius 3 is 2.44 bits per heavy atom. The molecule has 0 spiro atoms. The average Bonchev–Trinajstić information content (AvgIpc) is 2.66. The van der Waals surface area contributed by atoms with Gasteiger partial charge in [-0.05, 0) is 61.7 Å². The van der Waals surface area contributed by atoms with Crippen LogP contribution < -0.4 is 15.4 Å². The van der Waals surface area contributed by atoms with Crippen LogP contribution in [0, 0.1) is 6.92 Å². The molecule has 0 bridgehead atoms. The largest absolute Gasteiger partial charge is 0.481 e. The SMILES string of the molecule is CCCCNC(=O)c1ccc(NC(=O)C(CC)Oc2cccc(C)c2)cc1. The highest BCUT2D eigenvalue weighted by Crippen LogP contribution is 2.17. The Hall–Kier alpha value is -2.82. The number of carbonyl (C=O) groups excluding carboxylic acids is 2. The quantitative estimate of drug-likeness (QED) is 0.648. The van der Waals surface area contributed by atoms with Crippen LogP contribution in [0.2, 0.25) is 0 Å². The predicted octanol–water partition coefficient (Wildman–Crippen LogP) is 4.32. The van der Waals surface area contributed by atoms with Crippen LogP contribution in [0.1, 0.15) is 49.0 Å². The van der Waals surface area contributed by atoms with Crippen molar-refractivity contribution in [1.29, 1.82) is 0 Å². The first kappa shape index (κ1) is 20.5. The fourth-order valence-electron chi connectivity index (χ4n) is 2.58. The molecule has 0 heterocycles. The van der Waals surface area contributed by atoms with Crippen LogP contribution in [0.15, 0.2) is 48.5 Å². The van der Waals surface area contributed by atoms with E-state index in [0.717, 1.165) is 18.4 Å². The van der Waals surface area contributed by atoms with Crippen LogP contribution in [0.25, 0.3) is 0 Å². The first-order valence-electron chi connectivity index (χ1n) is 9.46. The van der Waals surface area contributed by atoms with Crippen molar-refractivity contribution in [2.45, 2.75) is 46.1 Å². The van der Waals surface area contributed by atoms with Crippen molar-refractivity contribution in [3.05, 3.63) is 59.7 Å². The normalized spacial score (nSPS) is 11.5. The molecular formula is C22H28N2O3. The molecule has 0 saturated carbocycles. The van der Waals surface area contributed by atoms with E-state index in [0.29, 0.717) is 30.0 Å². The van der Waals surface area contributed by atoms with Crippen molar-refractivity contribution < 1.29 is 14.3 Å². The third-order valence-electron chi connectivity index (χ3n) is 4.16. The van der Waals surface area contributed by atoms with Gasteiger partial charge in [-0.1, -0.05) is 32.4 Å². The Morgan fingerprint density at radius 2 is 1.81 bits per heavy atom. The minimum atomic E-state index is -0.580. The Labute approximate surface area is 161 Å². The first-order valence-corrected chi connectivity index (χ1v) is 9.46. The molecule has 1 atom stereocenters. The lowest BCUT2D eigenvalue weighted by atomic mass is 10.1. The molecule has 0 aliphatic heterocycles. The molecule has 5 nitrogen and oxygen atoms in total. The van der Waals surface area contributed by atoms with Gasteiger partial charge < -0.3 is 15.4 Å². The summed E-state index contributed by atoms with van der Waals surface area (Å²) >= 11 is 0. The standard InChI is InChI=1S/C22H28N2O3/c1-4-6-14-23-21(25)17-10-12-18(13-11-17)24-22(26)20(5-2)27-19-9-7-8-16(3)15-19/h7-13,15,20H,4-6,14H2,1-3H3,(H,23,25)(H,24,26). The highest BCUT2D eigenvalue weighted by Gasteiger charge is 2.18. The van der Waals surface area contributed by atoms with Crippen LogP contribution in [-0.2, 0) is 4.79 Å². The van der Waals surface area contributed by atoms with E-state index in [2.05, 4.69) is 17.6 Å². The van der Waals surface area contributed by atoms with Gasteiger partial charge in [0.2, 0.25) is 0 Å². The molecule has 0 saturated heterocycles. The molecule has 0 aromatic heterocycles. The maximum atomic E-state index is 12.5. The van der Waals surface area contributed by atoms with Gasteiger partial charge in [0.15, 0.2) is 6.10 Å². The summed E-state index contributed by atoms with van der Waals surface area (Å²) in [5.74, 6) is 0.366. The Morgan fingerprint density at radius 1 is 1.07 bits per heavy atom. The minimum absolute atomic E-state index is 0.101. The van der Waals surface area contributed by atoms with Gasteiger partial charge in [0.25, 0.3) is 11.8 Å². The van der Waals surface area contributed by atoms with Crippen molar-refractivity contribution in [3.8, 4) is 5.75 Å². The molecule has 0 radical (unpaired) electrons. The second-order valence-electron chi connectivity index (χ2n) is 6.51. The monoisotopic (exact) mass is 368 g/mol. The van der Waals surface area contributed by atoms with Crippen LogP contribution in [0.3, 0.4) is 0 Å². The van der Waals surface area contributed by atoms with E-state index in [1.807, 2.05) is 38.1 Å². The molecule has 2 amide bonds. The van der Waals surface area contributed by atoms with Gasteiger partial charge in [-0.2, -0.15) is 0 Å². The van der Waals surface area contributed by atoms with Gasteiger partial charge in [0.1, 0.15) is 5.75 Å². The van der Waals surface area contributed by atoms with Crippen LogP contribution >= 0.6 is 0 Å². The lowest BCUT2D eigenvalue weighted by Crippen LogP contribution is -2.32. The van der Waals surface area contributed by atoms with E-state index in [-0.39, 0.29) is 11.8 Å². The summed E-state index contributed by atoms with van der Waals surface area (Å²) in [5.41, 5.74) is 2.29. The topological polar surface area (TPSA) is 67.4 Å².